The Morgan fingerprint density at radius 1 is 1.21 bits per heavy atom. The number of ether oxygens (including phenoxy) is 3. The van der Waals surface area contributed by atoms with Gasteiger partial charge in [-0.05, 0) is 55.7 Å². The number of carbonyl (C=O) groups is 1. The molecule has 0 aromatic heterocycles. The van der Waals surface area contributed by atoms with Gasteiger partial charge in [-0.3, -0.25) is 4.79 Å². The number of hydrogen-bond acceptors (Lipinski definition) is 4. The summed E-state index contributed by atoms with van der Waals surface area (Å²) in [6, 6.07) is 9.73. The fourth-order valence-corrected chi connectivity index (χ4v) is 2.91. The highest BCUT2D eigenvalue weighted by Gasteiger charge is 2.30. The van der Waals surface area contributed by atoms with Gasteiger partial charge >= 0.3 is 6.18 Å². The molecule has 2 aromatic rings. The maximum absolute atomic E-state index is 12.8. The van der Waals surface area contributed by atoms with E-state index in [1.165, 1.54) is 12.1 Å². The van der Waals surface area contributed by atoms with Gasteiger partial charge in [0.1, 0.15) is 18.1 Å². The standard InChI is InChI=1S/C21H22F3NO4/c1-14-7-8-18(19(10-14)29-12-17-6-3-9-27-17)25-20(26)13-28-16-5-2-4-15(11-16)21(22,23)24/h2,4-5,7-8,10-11,17H,3,6,9,12-13H2,1H3,(H,25,26). The van der Waals surface area contributed by atoms with E-state index >= 15 is 0 Å². The van der Waals surface area contributed by atoms with Crippen LogP contribution in [-0.2, 0) is 15.7 Å². The van der Waals surface area contributed by atoms with E-state index in [0.717, 1.165) is 37.1 Å². The van der Waals surface area contributed by atoms with Gasteiger partial charge in [-0.1, -0.05) is 12.1 Å². The first-order valence-electron chi connectivity index (χ1n) is 9.26. The van der Waals surface area contributed by atoms with E-state index < -0.39 is 24.3 Å². The van der Waals surface area contributed by atoms with Gasteiger partial charge in [0.25, 0.3) is 5.91 Å². The molecule has 5 nitrogen and oxygen atoms in total. The second kappa shape index (κ2) is 9.17. The van der Waals surface area contributed by atoms with Gasteiger partial charge in [0.15, 0.2) is 6.61 Å². The molecule has 3 rings (SSSR count). The molecule has 0 spiro atoms. The van der Waals surface area contributed by atoms with Crippen molar-refractivity contribution in [3.63, 3.8) is 0 Å². The molecule has 156 valence electrons. The van der Waals surface area contributed by atoms with Crippen LogP contribution < -0.4 is 14.8 Å². The molecular weight excluding hydrogens is 387 g/mol. The molecule has 2 aromatic carbocycles. The number of amides is 1. The maximum Gasteiger partial charge on any atom is 0.416 e. The Labute approximate surface area is 166 Å². The molecule has 1 aliphatic heterocycles. The number of nitrogens with one attached hydrogen (secondary N) is 1. The molecule has 1 unspecified atom stereocenters. The number of rotatable bonds is 7. The fourth-order valence-electron chi connectivity index (χ4n) is 2.91. The van der Waals surface area contributed by atoms with Crippen molar-refractivity contribution in [2.24, 2.45) is 0 Å². The van der Waals surface area contributed by atoms with Crippen molar-refractivity contribution < 1.29 is 32.2 Å². The average Bonchev–Trinajstić information content (AvgIpc) is 3.20. The summed E-state index contributed by atoms with van der Waals surface area (Å²) >= 11 is 0. The van der Waals surface area contributed by atoms with Gasteiger partial charge in [0.05, 0.1) is 17.4 Å². The molecule has 1 fully saturated rings. The summed E-state index contributed by atoms with van der Waals surface area (Å²) in [5.74, 6) is -0.0325. The molecule has 1 amide bonds. The Kier molecular flexibility index (Phi) is 6.64. The largest absolute Gasteiger partial charge is 0.489 e. The first-order valence-corrected chi connectivity index (χ1v) is 9.26. The number of aryl methyl sites for hydroxylation is 1. The van der Waals surface area contributed by atoms with E-state index in [9.17, 15) is 18.0 Å². The van der Waals surface area contributed by atoms with E-state index in [1.54, 1.807) is 12.1 Å². The first-order chi connectivity index (χ1) is 13.8. The van der Waals surface area contributed by atoms with E-state index in [2.05, 4.69) is 5.32 Å². The summed E-state index contributed by atoms with van der Waals surface area (Å²) < 4.78 is 54.8. The third-order valence-electron chi connectivity index (χ3n) is 4.39. The average molecular weight is 409 g/mol. The van der Waals surface area contributed by atoms with Crippen molar-refractivity contribution in [2.45, 2.75) is 32.0 Å². The third-order valence-corrected chi connectivity index (χ3v) is 4.39. The Morgan fingerprint density at radius 3 is 2.76 bits per heavy atom. The zero-order valence-electron chi connectivity index (χ0n) is 15.9. The van der Waals surface area contributed by atoms with Crippen LogP contribution in [0.15, 0.2) is 42.5 Å². The zero-order valence-corrected chi connectivity index (χ0v) is 15.9. The highest BCUT2D eigenvalue weighted by atomic mass is 19.4. The highest BCUT2D eigenvalue weighted by molar-refractivity contribution is 5.93. The lowest BCUT2D eigenvalue weighted by molar-refractivity contribution is -0.137. The molecule has 1 aliphatic rings. The number of hydrogen-bond donors (Lipinski definition) is 1. The summed E-state index contributed by atoms with van der Waals surface area (Å²) in [5, 5.41) is 2.68. The van der Waals surface area contributed by atoms with Crippen LogP contribution in [0.5, 0.6) is 11.5 Å². The monoisotopic (exact) mass is 409 g/mol. The number of benzene rings is 2. The number of anilines is 1. The first kappa shape index (κ1) is 21.0. The third kappa shape index (κ3) is 6.12. The maximum atomic E-state index is 12.8. The molecule has 0 radical (unpaired) electrons. The lowest BCUT2D eigenvalue weighted by atomic mass is 10.2. The molecule has 0 saturated carbocycles. The number of alkyl halides is 3. The van der Waals surface area contributed by atoms with Crippen LogP contribution in [0.2, 0.25) is 0 Å². The van der Waals surface area contributed by atoms with Crippen molar-refractivity contribution in [3.05, 3.63) is 53.6 Å². The molecule has 8 heteroatoms. The zero-order chi connectivity index (χ0) is 20.9. The van der Waals surface area contributed by atoms with Crippen LogP contribution in [0.25, 0.3) is 0 Å². The van der Waals surface area contributed by atoms with Crippen LogP contribution in [-0.4, -0.2) is 31.8 Å². The molecule has 1 heterocycles. The summed E-state index contributed by atoms with van der Waals surface area (Å²) in [5.41, 5.74) is 0.593. The second-order valence-electron chi connectivity index (χ2n) is 6.81. The predicted molar refractivity (Wildman–Crippen MR) is 101 cm³/mol. The highest BCUT2D eigenvalue weighted by Crippen LogP contribution is 2.31. The smallest absolute Gasteiger partial charge is 0.416 e. The predicted octanol–water partition coefficient (Wildman–Crippen LogP) is 4.59. The fraction of sp³-hybridized carbons (Fsp3) is 0.381. The van der Waals surface area contributed by atoms with E-state index in [4.69, 9.17) is 14.2 Å². The molecule has 1 atom stereocenters. The molecule has 0 aliphatic carbocycles. The summed E-state index contributed by atoms with van der Waals surface area (Å²) in [6.45, 7) is 2.58. The van der Waals surface area contributed by atoms with Gasteiger partial charge in [-0.2, -0.15) is 13.2 Å². The van der Waals surface area contributed by atoms with Crippen molar-refractivity contribution >= 4 is 11.6 Å². The van der Waals surface area contributed by atoms with E-state index in [1.807, 2.05) is 13.0 Å². The van der Waals surface area contributed by atoms with Crippen LogP contribution in [0.4, 0.5) is 18.9 Å². The minimum atomic E-state index is -4.47. The second-order valence-corrected chi connectivity index (χ2v) is 6.81. The van der Waals surface area contributed by atoms with Gasteiger partial charge in [0.2, 0.25) is 0 Å². The van der Waals surface area contributed by atoms with E-state index in [-0.39, 0.29) is 11.9 Å². The van der Waals surface area contributed by atoms with Gasteiger partial charge in [-0.15, -0.1) is 0 Å². The lowest BCUT2D eigenvalue weighted by Crippen LogP contribution is -2.22. The van der Waals surface area contributed by atoms with Gasteiger partial charge < -0.3 is 19.5 Å². The van der Waals surface area contributed by atoms with Crippen LogP contribution >= 0.6 is 0 Å². The Morgan fingerprint density at radius 2 is 2.03 bits per heavy atom. The summed E-state index contributed by atoms with van der Waals surface area (Å²) in [7, 11) is 0. The lowest BCUT2D eigenvalue weighted by Gasteiger charge is -2.16. The number of halogens is 3. The van der Waals surface area contributed by atoms with Crippen molar-refractivity contribution in [1.29, 1.82) is 0 Å². The van der Waals surface area contributed by atoms with Gasteiger partial charge in [-0.25, -0.2) is 0 Å². The summed E-state index contributed by atoms with van der Waals surface area (Å²) in [4.78, 5) is 12.2. The molecular formula is C21H22F3NO4. The summed E-state index contributed by atoms with van der Waals surface area (Å²) in [6.07, 6.45) is -2.52. The van der Waals surface area contributed by atoms with Crippen LogP contribution in [0, 0.1) is 6.92 Å². The minimum Gasteiger partial charge on any atom is -0.489 e. The van der Waals surface area contributed by atoms with Crippen LogP contribution in [0.3, 0.4) is 0 Å². The SMILES string of the molecule is Cc1ccc(NC(=O)COc2cccc(C(F)(F)F)c2)c(OCC2CCCO2)c1. The van der Waals surface area contributed by atoms with Crippen molar-refractivity contribution in [3.8, 4) is 11.5 Å². The van der Waals surface area contributed by atoms with Crippen LogP contribution in [0.1, 0.15) is 24.0 Å². The molecule has 1 saturated heterocycles. The number of carbonyl (C=O) groups excluding carboxylic acids is 1. The topological polar surface area (TPSA) is 56.8 Å². The minimum absolute atomic E-state index is 0.0308. The Bertz CT molecular complexity index is 848. The molecule has 29 heavy (non-hydrogen) atoms. The van der Waals surface area contributed by atoms with E-state index in [0.29, 0.717) is 18.0 Å². The normalized spacial score (nSPS) is 16.5. The van der Waals surface area contributed by atoms with Crippen molar-refractivity contribution in [2.75, 3.05) is 25.1 Å². The molecule has 0 bridgehead atoms. The van der Waals surface area contributed by atoms with Gasteiger partial charge in [0, 0.05) is 6.61 Å². The quantitative estimate of drug-likeness (QED) is 0.727. The Hall–Kier alpha value is -2.74. The van der Waals surface area contributed by atoms with Crippen molar-refractivity contribution in [1.82, 2.24) is 0 Å². The Balaban J connectivity index is 1.58. The molecule has 1 N–H and O–H groups in total.